The van der Waals surface area contributed by atoms with Crippen LogP contribution in [0.1, 0.15) is 21.5 Å². The van der Waals surface area contributed by atoms with E-state index < -0.39 is 33.5 Å². The summed E-state index contributed by atoms with van der Waals surface area (Å²) in [6, 6.07) is 14.6. The molecule has 0 heterocycles. The van der Waals surface area contributed by atoms with Gasteiger partial charge in [0, 0.05) is 12.1 Å². The van der Waals surface area contributed by atoms with E-state index in [4.69, 9.17) is 0 Å². The Labute approximate surface area is 175 Å². The van der Waals surface area contributed by atoms with Crippen molar-refractivity contribution in [1.82, 2.24) is 5.32 Å². The molecule has 0 fully saturated rings. The Hall–Kier alpha value is -3.40. The first-order chi connectivity index (χ1) is 14.6. The Morgan fingerprint density at radius 2 is 1.58 bits per heavy atom. The topological polar surface area (TPSA) is 75.3 Å². The molecule has 2 N–H and O–H groups in total. The molecule has 0 radical (unpaired) electrons. The lowest BCUT2D eigenvalue weighted by atomic mass is 10.1. The molecule has 0 bridgehead atoms. The van der Waals surface area contributed by atoms with Crippen LogP contribution in [0.5, 0.6) is 0 Å². The molecule has 0 saturated heterocycles. The van der Waals surface area contributed by atoms with Gasteiger partial charge in [0.1, 0.15) is 5.82 Å². The van der Waals surface area contributed by atoms with Crippen molar-refractivity contribution in [3.63, 3.8) is 0 Å². The molecule has 0 aliphatic heterocycles. The minimum absolute atomic E-state index is 0.108. The van der Waals surface area contributed by atoms with Gasteiger partial charge in [0.2, 0.25) is 0 Å². The van der Waals surface area contributed by atoms with E-state index >= 15 is 0 Å². The van der Waals surface area contributed by atoms with E-state index in [9.17, 15) is 30.8 Å². The van der Waals surface area contributed by atoms with Crippen LogP contribution in [0.3, 0.4) is 0 Å². The second-order valence-corrected chi connectivity index (χ2v) is 8.17. The van der Waals surface area contributed by atoms with Crippen molar-refractivity contribution >= 4 is 21.6 Å². The third-order valence-electron chi connectivity index (χ3n) is 4.25. The zero-order chi connectivity index (χ0) is 22.6. The van der Waals surface area contributed by atoms with Gasteiger partial charge in [-0.05, 0) is 54.1 Å². The van der Waals surface area contributed by atoms with Crippen molar-refractivity contribution in [2.75, 3.05) is 4.72 Å². The lowest BCUT2D eigenvalue weighted by Crippen LogP contribution is -2.23. The van der Waals surface area contributed by atoms with Gasteiger partial charge >= 0.3 is 6.18 Å². The summed E-state index contributed by atoms with van der Waals surface area (Å²) < 4.78 is 78.9. The van der Waals surface area contributed by atoms with Gasteiger partial charge in [0.25, 0.3) is 15.9 Å². The Morgan fingerprint density at radius 1 is 0.903 bits per heavy atom. The van der Waals surface area contributed by atoms with Crippen molar-refractivity contribution in [3.8, 4) is 0 Å². The van der Waals surface area contributed by atoms with Gasteiger partial charge in [0.05, 0.1) is 16.1 Å². The number of hydrogen-bond donors (Lipinski definition) is 2. The number of carbonyl (C=O) groups is 1. The summed E-state index contributed by atoms with van der Waals surface area (Å²) >= 11 is 0. The number of sulfonamides is 1. The summed E-state index contributed by atoms with van der Waals surface area (Å²) in [5, 5.41) is 2.48. The van der Waals surface area contributed by atoms with Crippen LogP contribution in [0, 0.1) is 5.82 Å². The first-order valence-electron chi connectivity index (χ1n) is 8.88. The first kappa shape index (κ1) is 22.3. The molecule has 0 atom stereocenters. The van der Waals surface area contributed by atoms with Crippen molar-refractivity contribution in [1.29, 1.82) is 0 Å². The highest BCUT2D eigenvalue weighted by molar-refractivity contribution is 7.92. The van der Waals surface area contributed by atoms with E-state index in [1.807, 2.05) is 0 Å². The number of hydrogen-bond acceptors (Lipinski definition) is 3. The van der Waals surface area contributed by atoms with Crippen LogP contribution in [-0.4, -0.2) is 14.3 Å². The van der Waals surface area contributed by atoms with Gasteiger partial charge < -0.3 is 5.32 Å². The maximum atomic E-state index is 13.7. The molecule has 0 aliphatic carbocycles. The number of amides is 1. The van der Waals surface area contributed by atoms with Crippen LogP contribution in [0.4, 0.5) is 23.2 Å². The summed E-state index contributed by atoms with van der Waals surface area (Å²) in [6.07, 6.45) is -4.49. The lowest BCUT2D eigenvalue weighted by Gasteiger charge is -2.11. The van der Waals surface area contributed by atoms with E-state index in [0.717, 1.165) is 18.2 Å². The summed E-state index contributed by atoms with van der Waals surface area (Å²) in [5.74, 6) is -1.33. The summed E-state index contributed by atoms with van der Waals surface area (Å²) in [7, 11) is -4.08. The van der Waals surface area contributed by atoms with Crippen molar-refractivity contribution in [3.05, 3.63) is 95.3 Å². The Kier molecular flexibility index (Phi) is 6.30. The molecule has 0 spiro atoms. The second kappa shape index (κ2) is 8.76. The number of para-hydroxylation sites is 1. The van der Waals surface area contributed by atoms with Gasteiger partial charge in [-0.1, -0.05) is 24.3 Å². The largest absolute Gasteiger partial charge is 0.416 e. The number of nitrogens with one attached hydrogen (secondary N) is 2. The number of rotatable bonds is 6. The highest BCUT2D eigenvalue weighted by Gasteiger charge is 2.30. The molecule has 31 heavy (non-hydrogen) atoms. The van der Waals surface area contributed by atoms with E-state index in [1.54, 1.807) is 0 Å². The highest BCUT2D eigenvalue weighted by atomic mass is 32.2. The summed E-state index contributed by atoms with van der Waals surface area (Å²) in [5.41, 5.74) is -0.671. The van der Waals surface area contributed by atoms with Crippen LogP contribution in [0.15, 0.2) is 77.7 Å². The van der Waals surface area contributed by atoms with Crippen LogP contribution in [0.25, 0.3) is 0 Å². The lowest BCUT2D eigenvalue weighted by molar-refractivity contribution is -0.137. The Bertz CT molecular complexity index is 1190. The zero-order valence-electron chi connectivity index (χ0n) is 15.8. The SMILES string of the molecule is O=C(NCc1cccc(C(F)(F)F)c1)c1ccc(S(=O)(=O)Nc2ccccc2F)cc1. The molecule has 5 nitrogen and oxygen atoms in total. The molecule has 10 heteroatoms. The van der Waals surface area contributed by atoms with Gasteiger partial charge in [-0.15, -0.1) is 0 Å². The molecular weight excluding hydrogens is 436 g/mol. The van der Waals surface area contributed by atoms with Gasteiger partial charge in [-0.25, -0.2) is 12.8 Å². The fourth-order valence-corrected chi connectivity index (χ4v) is 3.74. The number of halogens is 4. The van der Waals surface area contributed by atoms with Gasteiger partial charge in [-0.2, -0.15) is 13.2 Å². The van der Waals surface area contributed by atoms with E-state index in [-0.39, 0.29) is 28.3 Å². The monoisotopic (exact) mass is 452 g/mol. The molecule has 3 aromatic rings. The van der Waals surface area contributed by atoms with E-state index in [2.05, 4.69) is 10.0 Å². The molecule has 3 aromatic carbocycles. The van der Waals surface area contributed by atoms with E-state index in [0.29, 0.717) is 0 Å². The third kappa shape index (κ3) is 5.60. The Morgan fingerprint density at radius 3 is 2.23 bits per heavy atom. The fraction of sp³-hybridized carbons (Fsp3) is 0.0952. The number of benzene rings is 3. The molecule has 0 saturated carbocycles. The molecule has 0 aromatic heterocycles. The number of alkyl halides is 3. The quantitative estimate of drug-likeness (QED) is 0.538. The van der Waals surface area contributed by atoms with Crippen LogP contribution >= 0.6 is 0 Å². The normalized spacial score (nSPS) is 11.7. The standard InChI is InChI=1S/C21H16F4N2O3S/c22-18-6-1-2-7-19(18)27-31(29,30)17-10-8-15(9-11-17)20(28)26-13-14-4-3-5-16(12-14)21(23,24)25/h1-12,27H,13H2,(H,26,28). The van der Waals surface area contributed by atoms with Crippen molar-refractivity contribution in [2.45, 2.75) is 17.6 Å². The highest BCUT2D eigenvalue weighted by Crippen LogP contribution is 2.29. The molecule has 162 valence electrons. The molecule has 3 rings (SSSR count). The maximum Gasteiger partial charge on any atom is 0.416 e. The minimum atomic E-state index is -4.49. The Balaban J connectivity index is 1.67. The van der Waals surface area contributed by atoms with Crippen molar-refractivity contribution in [2.24, 2.45) is 0 Å². The summed E-state index contributed by atoms with van der Waals surface area (Å²) in [6.45, 7) is -0.141. The first-order valence-corrected chi connectivity index (χ1v) is 10.4. The zero-order valence-corrected chi connectivity index (χ0v) is 16.6. The molecule has 0 unspecified atom stereocenters. The number of anilines is 1. The maximum absolute atomic E-state index is 13.7. The van der Waals surface area contributed by atoms with Crippen LogP contribution in [0.2, 0.25) is 0 Å². The summed E-state index contributed by atoms with van der Waals surface area (Å²) in [4.78, 5) is 12.1. The van der Waals surface area contributed by atoms with Crippen LogP contribution < -0.4 is 10.0 Å². The predicted octanol–water partition coefficient (Wildman–Crippen LogP) is 4.58. The van der Waals surface area contributed by atoms with Gasteiger partial charge in [-0.3, -0.25) is 9.52 Å². The van der Waals surface area contributed by atoms with E-state index in [1.165, 1.54) is 54.6 Å². The molecule has 0 aliphatic rings. The average molecular weight is 452 g/mol. The van der Waals surface area contributed by atoms with Gasteiger partial charge in [0.15, 0.2) is 0 Å². The smallest absolute Gasteiger partial charge is 0.348 e. The number of carbonyl (C=O) groups excluding carboxylic acids is 1. The third-order valence-corrected chi connectivity index (χ3v) is 5.63. The predicted molar refractivity (Wildman–Crippen MR) is 106 cm³/mol. The minimum Gasteiger partial charge on any atom is -0.348 e. The fourth-order valence-electron chi connectivity index (χ4n) is 2.68. The molecular formula is C21H16F4N2O3S. The average Bonchev–Trinajstić information content (AvgIpc) is 2.73. The van der Waals surface area contributed by atoms with Crippen molar-refractivity contribution < 1.29 is 30.8 Å². The second-order valence-electron chi connectivity index (χ2n) is 6.49. The molecule has 1 amide bonds. The van der Waals surface area contributed by atoms with Crippen LogP contribution in [-0.2, 0) is 22.7 Å².